The van der Waals surface area contributed by atoms with Crippen LogP contribution >= 0.6 is 0 Å². The van der Waals surface area contributed by atoms with Gasteiger partial charge in [0.2, 0.25) is 0 Å². The second-order valence-corrected chi connectivity index (χ2v) is 4.98. The first-order chi connectivity index (χ1) is 11.7. The summed E-state index contributed by atoms with van der Waals surface area (Å²) in [4.78, 5) is 16.6. The molecule has 2 rings (SSSR count). The lowest BCUT2D eigenvalue weighted by atomic mass is 10.0. The average molecular weight is 327 g/mol. The summed E-state index contributed by atoms with van der Waals surface area (Å²) >= 11 is 0. The maximum atomic E-state index is 12.3. The molecule has 0 amide bonds. The maximum Gasteiger partial charge on any atom is 0.318 e. The van der Waals surface area contributed by atoms with Gasteiger partial charge < -0.3 is 14.2 Å². The molecule has 2 aromatic carbocycles. The van der Waals surface area contributed by atoms with E-state index in [1.165, 1.54) is 0 Å². The van der Waals surface area contributed by atoms with Gasteiger partial charge >= 0.3 is 5.97 Å². The third-order valence-corrected chi connectivity index (χ3v) is 3.46. The Balaban J connectivity index is 2.24. The SMILES string of the molecule is CCOC(=O)C(C=Nc1ccc(OC)cc1)c1ccc(OC)cc1. The van der Waals surface area contributed by atoms with E-state index in [4.69, 9.17) is 14.2 Å². The van der Waals surface area contributed by atoms with Gasteiger partial charge in [0, 0.05) is 6.21 Å². The third-order valence-electron chi connectivity index (χ3n) is 3.46. The summed E-state index contributed by atoms with van der Waals surface area (Å²) in [6.07, 6.45) is 1.60. The average Bonchev–Trinajstić information content (AvgIpc) is 2.63. The zero-order valence-electron chi connectivity index (χ0n) is 14.1. The highest BCUT2D eigenvalue weighted by Gasteiger charge is 2.20. The van der Waals surface area contributed by atoms with Gasteiger partial charge in [-0.05, 0) is 48.9 Å². The number of benzene rings is 2. The highest BCUT2D eigenvalue weighted by molar-refractivity contribution is 5.96. The largest absolute Gasteiger partial charge is 0.497 e. The molecule has 0 bridgehead atoms. The van der Waals surface area contributed by atoms with Gasteiger partial charge in [-0.2, -0.15) is 0 Å². The van der Waals surface area contributed by atoms with Crippen LogP contribution in [0.25, 0.3) is 0 Å². The highest BCUT2D eigenvalue weighted by Crippen LogP contribution is 2.22. The molecule has 0 aliphatic heterocycles. The van der Waals surface area contributed by atoms with Crippen molar-refractivity contribution in [2.24, 2.45) is 4.99 Å². The molecule has 126 valence electrons. The van der Waals surface area contributed by atoms with E-state index >= 15 is 0 Å². The molecular formula is C19H21NO4. The van der Waals surface area contributed by atoms with Crippen LogP contribution in [0.1, 0.15) is 18.4 Å². The maximum absolute atomic E-state index is 12.3. The standard InChI is InChI=1S/C19H21NO4/c1-4-24-19(21)18(14-5-9-16(22-2)10-6-14)13-20-15-7-11-17(23-3)12-8-15/h5-13,18H,4H2,1-3H3. The van der Waals surface area contributed by atoms with E-state index in [1.54, 1.807) is 27.4 Å². The minimum Gasteiger partial charge on any atom is -0.497 e. The number of carbonyl (C=O) groups is 1. The predicted octanol–water partition coefficient (Wildman–Crippen LogP) is 3.75. The van der Waals surface area contributed by atoms with Crippen molar-refractivity contribution in [1.29, 1.82) is 0 Å². The fourth-order valence-corrected chi connectivity index (χ4v) is 2.16. The summed E-state index contributed by atoms with van der Waals surface area (Å²) in [5.41, 5.74) is 1.53. The van der Waals surface area contributed by atoms with Crippen molar-refractivity contribution in [2.45, 2.75) is 12.8 Å². The van der Waals surface area contributed by atoms with Crippen LogP contribution in [0.5, 0.6) is 11.5 Å². The fraction of sp³-hybridized carbons (Fsp3) is 0.263. The molecule has 1 unspecified atom stereocenters. The molecule has 0 saturated carbocycles. The van der Waals surface area contributed by atoms with Crippen LogP contribution in [0, 0.1) is 0 Å². The van der Waals surface area contributed by atoms with Crippen LogP contribution in [0.2, 0.25) is 0 Å². The van der Waals surface area contributed by atoms with Gasteiger partial charge in [0.15, 0.2) is 0 Å². The van der Waals surface area contributed by atoms with Crippen molar-refractivity contribution in [3.8, 4) is 11.5 Å². The first-order valence-electron chi connectivity index (χ1n) is 7.66. The summed E-state index contributed by atoms with van der Waals surface area (Å²) in [5, 5.41) is 0. The van der Waals surface area contributed by atoms with Crippen molar-refractivity contribution >= 4 is 17.9 Å². The Morgan fingerprint density at radius 2 is 1.54 bits per heavy atom. The summed E-state index contributed by atoms with van der Waals surface area (Å²) in [5.74, 6) is 0.581. The normalized spacial score (nSPS) is 12.0. The molecule has 5 heteroatoms. The number of methoxy groups -OCH3 is 2. The van der Waals surface area contributed by atoms with Gasteiger partial charge in [-0.3, -0.25) is 9.79 Å². The summed E-state index contributed by atoms with van der Waals surface area (Å²) in [6, 6.07) is 14.6. The molecule has 0 spiro atoms. The first-order valence-corrected chi connectivity index (χ1v) is 7.66. The molecule has 0 fully saturated rings. The zero-order valence-corrected chi connectivity index (χ0v) is 14.1. The van der Waals surface area contributed by atoms with Gasteiger partial charge in [0.05, 0.1) is 26.5 Å². The number of hydrogen-bond donors (Lipinski definition) is 0. The minimum absolute atomic E-state index is 0.321. The van der Waals surface area contributed by atoms with Crippen molar-refractivity contribution in [1.82, 2.24) is 0 Å². The van der Waals surface area contributed by atoms with Crippen molar-refractivity contribution < 1.29 is 19.0 Å². The molecule has 1 atom stereocenters. The molecule has 5 nitrogen and oxygen atoms in total. The minimum atomic E-state index is -0.571. The van der Waals surface area contributed by atoms with E-state index in [-0.39, 0.29) is 5.97 Å². The monoisotopic (exact) mass is 327 g/mol. The van der Waals surface area contributed by atoms with E-state index in [2.05, 4.69) is 4.99 Å². The molecule has 0 saturated heterocycles. The van der Waals surface area contributed by atoms with Gasteiger partial charge in [0.1, 0.15) is 17.4 Å². The van der Waals surface area contributed by atoms with E-state index in [0.717, 1.165) is 22.7 Å². The van der Waals surface area contributed by atoms with Gasteiger partial charge in [-0.25, -0.2) is 0 Å². The molecule has 0 N–H and O–H groups in total. The van der Waals surface area contributed by atoms with Crippen LogP contribution in [0.4, 0.5) is 5.69 Å². The number of rotatable bonds is 7. The highest BCUT2D eigenvalue weighted by atomic mass is 16.5. The van der Waals surface area contributed by atoms with Crippen LogP contribution in [-0.4, -0.2) is 33.0 Å². The van der Waals surface area contributed by atoms with Crippen molar-refractivity contribution in [2.75, 3.05) is 20.8 Å². The molecule has 0 radical (unpaired) electrons. The lowest BCUT2D eigenvalue weighted by molar-refractivity contribution is -0.143. The Kier molecular flexibility index (Phi) is 6.37. The lowest BCUT2D eigenvalue weighted by Gasteiger charge is -2.12. The van der Waals surface area contributed by atoms with E-state index in [0.29, 0.717) is 6.61 Å². The third kappa shape index (κ3) is 4.59. The van der Waals surface area contributed by atoms with Crippen molar-refractivity contribution in [3.05, 3.63) is 54.1 Å². The number of carbonyl (C=O) groups excluding carboxylic acids is 1. The Morgan fingerprint density at radius 3 is 2.04 bits per heavy atom. The lowest BCUT2D eigenvalue weighted by Crippen LogP contribution is -2.17. The topological polar surface area (TPSA) is 57.1 Å². The summed E-state index contributed by atoms with van der Waals surface area (Å²) in [7, 11) is 3.21. The fourth-order valence-electron chi connectivity index (χ4n) is 2.16. The molecule has 0 aliphatic carbocycles. The Bertz CT molecular complexity index is 678. The van der Waals surface area contributed by atoms with Crippen LogP contribution < -0.4 is 9.47 Å². The zero-order chi connectivity index (χ0) is 17.4. The van der Waals surface area contributed by atoms with Crippen LogP contribution in [-0.2, 0) is 9.53 Å². The van der Waals surface area contributed by atoms with E-state index < -0.39 is 5.92 Å². The van der Waals surface area contributed by atoms with Gasteiger partial charge in [-0.1, -0.05) is 12.1 Å². The first kappa shape index (κ1) is 17.5. The van der Waals surface area contributed by atoms with E-state index in [9.17, 15) is 4.79 Å². The van der Waals surface area contributed by atoms with Gasteiger partial charge in [-0.15, -0.1) is 0 Å². The molecular weight excluding hydrogens is 306 g/mol. The van der Waals surface area contributed by atoms with Crippen LogP contribution in [0.3, 0.4) is 0 Å². The second-order valence-electron chi connectivity index (χ2n) is 4.98. The van der Waals surface area contributed by atoms with Crippen LogP contribution in [0.15, 0.2) is 53.5 Å². The predicted molar refractivity (Wildman–Crippen MR) is 93.5 cm³/mol. The Morgan fingerprint density at radius 1 is 1.00 bits per heavy atom. The molecule has 0 aromatic heterocycles. The number of ether oxygens (including phenoxy) is 3. The number of esters is 1. The number of hydrogen-bond acceptors (Lipinski definition) is 5. The smallest absolute Gasteiger partial charge is 0.318 e. The Hall–Kier alpha value is -2.82. The second kappa shape index (κ2) is 8.72. The van der Waals surface area contributed by atoms with E-state index in [1.807, 2.05) is 48.5 Å². The quantitative estimate of drug-likeness (QED) is 0.574. The molecule has 2 aromatic rings. The number of aliphatic imine (C=N–C) groups is 1. The summed E-state index contributed by atoms with van der Waals surface area (Å²) < 4.78 is 15.4. The molecule has 0 aliphatic rings. The van der Waals surface area contributed by atoms with Crippen molar-refractivity contribution in [3.63, 3.8) is 0 Å². The number of nitrogens with zero attached hydrogens (tertiary/aromatic N) is 1. The van der Waals surface area contributed by atoms with Gasteiger partial charge in [0.25, 0.3) is 0 Å². The Labute approximate surface area is 141 Å². The molecule has 24 heavy (non-hydrogen) atoms. The summed E-state index contributed by atoms with van der Waals surface area (Å²) in [6.45, 7) is 2.10. The molecule has 0 heterocycles.